The number of aliphatic hydroxyl groups excluding tert-OH is 1. The molecule has 3 nitrogen and oxygen atoms in total. The van der Waals surface area contributed by atoms with Crippen molar-refractivity contribution in [2.24, 2.45) is 0 Å². The highest BCUT2D eigenvalue weighted by Crippen LogP contribution is 2.26. The number of aromatic nitrogens is 2. The lowest BCUT2D eigenvalue weighted by atomic mass is 10.1. The highest BCUT2D eigenvalue weighted by Gasteiger charge is 2.18. The van der Waals surface area contributed by atoms with Crippen LogP contribution in [-0.2, 0) is 6.54 Å². The summed E-state index contributed by atoms with van der Waals surface area (Å²) in [6, 6.07) is 4.53. The Morgan fingerprint density at radius 1 is 1.50 bits per heavy atom. The van der Waals surface area contributed by atoms with Gasteiger partial charge in [0.25, 0.3) is 0 Å². The Bertz CT molecular complexity index is 542. The molecule has 1 N–H and O–H groups in total. The molecule has 0 aliphatic rings. The number of aryl methyl sites for hydroxylation is 1. The van der Waals surface area contributed by atoms with E-state index in [1.54, 1.807) is 24.7 Å². The molecule has 0 spiro atoms. The zero-order valence-corrected chi connectivity index (χ0v) is 11.6. The molecule has 96 valence electrons. The van der Waals surface area contributed by atoms with Crippen molar-refractivity contribution in [3.63, 3.8) is 0 Å². The number of imidazole rings is 1. The second kappa shape index (κ2) is 5.63. The Hall–Kier alpha value is -1.20. The summed E-state index contributed by atoms with van der Waals surface area (Å²) < 4.78 is 16.3. The quantitative estimate of drug-likeness (QED) is 0.941. The average Bonchev–Trinajstić information content (AvgIpc) is 2.80. The third-order valence-corrected chi connectivity index (χ3v) is 3.24. The lowest BCUT2D eigenvalue weighted by molar-refractivity contribution is 0.204. The summed E-state index contributed by atoms with van der Waals surface area (Å²) in [6.45, 7) is 2.79. The van der Waals surface area contributed by atoms with Crippen LogP contribution in [0.3, 0.4) is 0 Å². The minimum Gasteiger partial charge on any atom is -0.382 e. The second-order valence-electron chi connectivity index (χ2n) is 4.08. The molecule has 1 unspecified atom stereocenters. The largest absolute Gasteiger partial charge is 0.382 e. The third-order valence-electron chi connectivity index (χ3n) is 2.74. The van der Waals surface area contributed by atoms with E-state index in [0.717, 1.165) is 17.4 Å². The third kappa shape index (κ3) is 2.62. The Balaban J connectivity index is 2.38. The van der Waals surface area contributed by atoms with Crippen molar-refractivity contribution < 1.29 is 9.50 Å². The average molecular weight is 313 g/mol. The minimum atomic E-state index is -1.00. The van der Waals surface area contributed by atoms with Crippen LogP contribution in [0, 0.1) is 5.82 Å². The van der Waals surface area contributed by atoms with Crippen molar-refractivity contribution in [1.29, 1.82) is 0 Å². The molecular formula is C13H14BrFN2O. The standard InChI is InChI=1S/C13H14BrFN2O/c1-2-5-17-8-16-7-12(17)13(18)10-6-9(14)3-4-11(10)15/h3-4,6-8,13,18H,2,5H2,1H3. The van der Waals surface area contributed by atoms with E-state index in [4.69, 9.17) is 0 Å². The SMILES string of the molecule is CCCn1cncc1C(O)c1cc(Br)ccc1F. The Labute approximate surface area is 113 Å². The van der Waals surface area contributed by atoms with E-state index < -0.39 is 11.9 Å². The Kier molecular flexibility index (Phi) is 4.14. The summed E-state index contributed by atoms with van der Waals surface area (Å²) in [5, 5.41) is 10.3. The van der Waals surface area contributed by atoms with Gasteiger partial charge in [-0.15, -0.1) is 0 Å². The van der Waals surface area contributed by atoms with Crippen molar-refractivity contribution in [1.82, 2.24) is 9.55 Å². The van der Waals surface area contributed by atoms with Crippen molar-refractivity contribution >= 4 is 15.9 Å². The fourth-order valence-electron chi connectivity index (χ4n) is 1.87. The summed E-state index contributed by atoms with van der Waals surface area (Å²) in [5.41, 5.74) is 0.857. The van der Waals surface area contributed by atoms with Crippen LogP contribution in [0.2, 0.25) is 0 Å². The number of aliphatic hydroxyl groups is 1. The van der Waals surface area contributed by atoms with Crippen LogP contribution in [0.5, 0.6) is 0 Å². The molecule has 1 heterocycles. The van der Waals surface area contributed by atoms with Gasteiger partial charge in [-0.3, -0.25) is 0 Å². The van der Waals surface area contributed by atoms with Gasteiger partial charge in [-0.1, -0.05) is 22.9 Å². The molecule has 2 rings (SSSR count). The first kappa shape index (κ1) is 13.2. The summed E-state index contributed by atoms with van der Waals surface area (Å²) in [4.78, 5) is 4.01. The molecule has 0 aliphatic carbocycles. The number of rotatable bonds is 4. The van der Waals surface area contributed by atoms with E-state index in [1.165, 1.54) is 6.07 Å². The molecule has 18 heavy (non-hydrogen) atoms. The van der Waals surface area contributed by atoms with Crippen molar-refractivity contribution in [3.05, 3.63) is 52.3 Å². The molecule has 1 atom stereocenters. The van der Waals surface area contributed by atoms with Crippen LogP contribution in [-0.4, -0.2) is 14.7 Å². The zero-order valence-electron chi connectivity index (χ0n) is 9.98. The maximum atomic E-state index is 13.7. The summed E-state index contributed by atoms with van der Waals surface area (Å²) in [5.74, 6) is -0.421. The van der Waals surface area contributed by atoms with Crippen LogP contribution in [0.15, 0.2) is 35.2 Å². The van der Waals surface area contributed by atoms with Gasteiger partial charge in [-0.05, 0) is 24.6 Å². The van der Waals surface area contributed by atoms with Crippen molar-refractivity contribution in [3.8, 4) is 0 Å². The zero-order chi connectivity index (χ0) is 13.1. The second-order valence-corrected chi connectivity index (χ2v) is 5.00. The summed E-state index contributed by atoms with van der Waals surface area (Å²) >= 11 is 3.28. The number of halogens is 2. The lowest BCUT2D eigenvalue weighted by Crippen LogP contribution is -2.09. The predicted molar refractivity (Wildman–Crippen MR) is 70.7 cm³/mol. The van der Waals surface area contributed by atoms with Crippen LogP contribution in [0.1, 0.15) is 30.7 Å². The topological polar surface area (TPSA) is 38.0 Å². The minimum absolute atomic E-state index is 0.252. The highest BCUT2D eigenvalue weighted by molar-refractivity contribution is 9.10. The molecule has 0 saturated heterocycles. The van der Waals surface area contributed by atoms with Gasteiger partial charge in [0, 0.05) is 16.6 Å². The predicted octanol–water partition coefficient (Wildman–Crippen LogP) is 3.28. The van der Waals surface area contributed by atoms with E-state index in [1.807, 2.05) is 11.5 Å². The van der Waals surface area contributed by atoms with E-state index in [-0.39, 0.29) is 5.56 Å². The number of hydrogen-bond acceptors (Lipinski definition) is 2. The number of benzene rings is 1. The van der Waals surface area contributed by atoms with E-state index in [2.05, 4.69) is 20.9 Å². The van der Waals surface area contributed by atoms with Crippen LogP contribution < -0.4 is 0 Å². The molecule has 0 radical (unpaired) electrons. The normalized spacial score (nSPS) is 12.7. The number of hydrogen-bond donors (Lipinski definition) is 1. The van der Waals surface area contributed by atoms with Crippen molar-refractivity contribution in [2.45, 2.75) is 26.0 Å². The van der Waals surface area contributed by atoms with Crippen molar-refractivity contribution in [2.75, 3.05) is 0 Å². The molecule has 2 aromatic rings. The lowest BCUT2D eigenvalue weighted by Gasteiger charge is -2.14. The van der Waals surface area contributed by atoms with Gasteiger partial charge in [-0.25, -0.2) is 9.37 Å². The molecule has 1 aromatic heterocycles. The van der Waals surface area contributed by atoms with Gasteiger partial charge >= 0.3 is 0 Å². The van der Waals surface area contributed by atoms with Gasteiger partial charge < -0.3 is 9.67 Å². The smallest absolute Gasteiger partial charge is 0.129 e. The van der Waals surface area contributed by atoms with Crippen LogP contribution in [0.25, 0.3) is 0 Å². The molecule has 0 bridgehead atoms. The highest BCUT2D eigenvalue weighted by atomic mass is 79.9. The molecular weight excluding hydrogens is 299 g/mol. The van der Waals surface area contributed by atoms with Crippen LogP contribution >= 0.6 is 15.9 Å². The first-order valence-electron chi connectivity index (χ1n) is 5.76. The maximum Gasteiger partial charge on any atom is 0.129 e. The maximum absolute atomic E-state index is 13.7. The monoisotopic (exact) mass is 312 g/mol. The van der Waals surface area contributed by atoms with Gasteiger partial charge in [0.15, 0.2) is 0 Å². The Morgan fingerprint density at radius 2 is 2.28 bits per heavy atom. The molecule has 0 saturated carbocycles. The van der Waals surface area contributed by atoms with E-state index in [0.29, 0.717) is 5.69 Å². The molecule has 0 aliphatic heterocycles. The fraction of sp³-hybridized carbons (Fsp3) is 0.308. The van der Waals surface area contributed by atoms with E-state index in [9.17, 15) is 9.50 Å². The van der Waals surface area contributed by atoms with Crippen LogP contribution in [0.4, 0.5) is 4.39 Å². The molecule has 0 amide bonds. The number of nitrogens with zero attached hydrogens (tertiary/aromatic N) is 2. The van der Waals surface area contributed by atoms with E-state index >= 15 is 0 Å². The molecule has 0 fully saturated rings. The van der Waals surface area contributed by atoms with Gasteiger partial charge in [-0.2, -0.15) is 0 Å². The van der Waals surface area contributed by atoms with Gasteiger partial charge in [0.2, 0.25) is 0 Å². The van der Waals surface area contributed by atoms with Gasteiger partial charge in [0.05, 0.1) is 18.2 Å². The molecule has 5 heteroatoms. The Morgan fingerprint density at radius 3 is 3.00 bits per heavy atom. The summed E-state index contributed by atoms with van der Waals surface area (Å²) in [6.07, 6.45) is 3.15. The van der Waals surface area contributed by atoms with Gasteiger partial charge in [0.1, 0.15) is 11.9 Å². The molecule has 1 aromatic carbocycles. The summed E-state index contributed by atoms with van der Waals surface area (Å²) in [7, 11) is 0. The first-order valence-corrected chi connectivity index (χ1v) is 6.55. The first-order chi connectivity index (χ1) is 8.63. The fourth-order valence-corrected chi connectivity index (χ4v) is 2.25.